The summed E-state index contributed by atoms with van der Waals surface area (Å²) in [5.41, 5.74) is 1.68. The molecule has 11 heteroatoms. The highest BCUT2D eigenvalue weighted by atomic mass is 19.1. The predicted molar refractivity (Wildman–Crippen MR) is 172 cm³/mol. The molecule has 6 rings (SSSR count). The standard InChI is InChI=1S/C35H40BF2N3O5/c1-34(2)35(3,4)46-36(45-34)26-11-10-24-20-41(40-31(24)18-26)27-12-6-22(7-13-27)19-39-33(42)25-16-29(37)32(30(38)17-25)44-21-23-8-14-28(43-5)15-9-23/h8-11,14-18,20,22,27H,6-7,12-13,19,21H2,1-5H3,(H,39,42). The van der Waals surface area contributed by atoms with Crippen molar-refractivity contribution in [1.82, 2.24) is 15.1 Å². The van der Waals surface area contributed by atoms with Gasteiger partial charge in [-0.05, 0) is 101 Å². The molecule has 2 heterocycles. The van der Waals surface area contributed by atoms with Crippen LogP contribution in [0.3, 0.4) is 0 Å². The fraction of sp³-hybridized carbons (Fsp3) is 0.429. The molecule has 1 saturated heterocycles. The lowest BCUT2D eigenvalue weighted by Gasteiger charge is -2.32. The van der Waals surface area contributed by atoms with E-state index in [0.29, 0.717) is 12.3 Å². The summed E-state index contributed by atoms with van der Waals surface area (Å²) in [6.07, 6.45) is 5.73. The van der Waals surface area contributed by atoms with Crippen LogP contribution in [-0.4, -0.2) is 47.7 Å². The number of halogens is 2. The van der Waals surface area contributed by atoms with Crippen LogP contribution >= 0.6 is 0 Å². The molecule has 0 unspecified atom stereocenters. The number of carbonyl (C=O) groups is 1. The molecular weight excluding hydrogens is 591 g/mol. The van der Waals surface area contributed by atoms with Gasteiger partial charge in [0.2, 0.25) is 0 Å². The first-order chi connectivity index (χ1) is 21.9. The van der Waals surface area contributed by atoms with Crippen molar-refractivity contribution in [1.29, 1.82) is 0 Å². The van der Waals surface area contributed by atoms with Gasteiger partial charge in [0, 0.05) is 23.7 Å². The fourth-order valence-electron chi connectivity index (χ4n) is 6.02. The molecule has 3 aromatic carbocycles. The number of fused-ring (bicyclic) bond motifs is 1. The largest absolute Gasteiger partial charge is 0.497 e. The van der Waals surface area contributed by atoms with E-state index in [4.69, 9.17) is 23.9 Å². The summed E-state index contributed by atoms with van der Waals surface area (Å²) in [5, 5.41) is 8.81. The van der Waals surface area contributed by atoms with Gasteiger partial charge in [0.15, 0.2) is 17.4 Å². The van der Waals surface area contributed by atoms with Gasteiger partial charge in [-0.25, -0.2) is 8.78 Å². The van der Waals surface area contributed by atoms with Gasteiger partial charge < -0.3 is 24.1 Å². The van der Waals surface area contributed by atoms with Crippen LogP contribution in [0.15, 0.2) is 60.8 Å². The van der Waals surface area contributed by atoms with Crippen molar-refractivity contribution in [3.63, 3.8) is 0 Å². The van der Waals surface area contributed by atoms with Gasteiger partial charge in [0.25, 0.3) is 5.91 Å². The van der Waals surface area contributed by atoms with Crippen LogP contribution < -0.4 is 20.3 Å². The van der Waals surface area contributed by atoms with Crippen LogP contribution in [0.2, 0.25) is 0 Å². The van der Waals surface area contributed by atoms with Crippen LogP contribution in [0.25, 0.3) is 10.9 Å². The van der Waals surface area contributed by atoms with Gasteiger partial charge in [0.05, 0.1) is 29.9 Å². The number of ether oxygens (including phenoxy) is 2. The summed E-state index contributed by atoms with van der Waals surface area (Å²) in [7, 11) is 1.12. The normalized spacial score (nSPS) is 20.5. The van der Waals surface area contributed by atoms with Gasteiger partial charge in [-0.1, -0.05) is 24.3 Å². The Labute approximate surface area is 268 Å². The summed E-state index contributed by atoms with van der Waals surface area (Å²) in [4.78, 5) is 12.8. The molecular formula is C35H40BF2N3O5. The number of methoxy groups -OCH3 is 1. The third-order valence-corrected chi connectivity index (χ3v) is 9.62. The highest BCUT2D eigenvalue weighted by molar-refractivity contribution is 6.62. The molecule has 4 aromatic rings. The van der Waals surface area contributed by atoms with Crippen LogP contribution in [0.5, 0.6) is 11.5 Å². The highest BCUT2D eigenvalue weighted by Crippen LogP contribution is 2.37. The molecule has 1 amide bonds. The number of nitrogens with one attached hydrogen (secondary N) is 1. The fourth-order valence-corrected chi connectivity index (χ4v) is 6.02. The van der Waals surface area contributed by atoms with E-state index in [0.717, 1.165) is 59.7 Å². The number of rotatable bonds is 9. The molecule has 1 saturated carbocycles. The van der Waals surface area contributed by atoms with E-state index in [1.807, 2.05) is 39.8 Å². The van der Waals surface area contributed by atoms with E-state index >= 15 is 0 Å². The molecule has 1 aliphatic heterocycles. The molecule has 0 radical (unpaired) electrons. The van der Waals surface area contributed by atoms with E-state index in [2.05, 4.69) is 22.3 Å². The molecule has 242 valence electrons. The van der Waals surface area contributed by atoms with E-state index in [1.54, 1.807) is 31.4 Å². The number of hydrogen-bond acceptors (Lipinski definition) is 6. The molecule has 46 heavy (non-hydrogen) atoms. The lowest BCUT2D eigenvalue weighted by molar-refractivity contribution is 0.00578. The summed E-state index contributed by atoms with van der Waals surface area (Å²) in [5.74, 6) is -1.94. The maximum atomic E-state index is 14.7. The SMILES string of the molecule is COc1ccc(COc2c(F)cc(C(=O)NCC3CCC(n4cc5ccc(B6OC(C)(C)C(C)(C)O6)cc5n4)CC3)cc2F)cc1. The second kappa shape index (κ2) is 12.7. The molecule has 0 bridgehead atoms. The molecule has 1 aliphatic carbocycles. The average Bonchev–Trinajstić information content (AvgIpc) is 3.56. The number of benzene rings is 3. The van der Waals surface area contributed by atoms with Gasteiger partial charge in [-0.2, -0.15) is 5.10 Å². The maximum absolute atomic E-state index is 14.7. The quantitative estimate of drug-likeness (QED) is 0.217. The Hall–Kier alpha value is -3.96. The second-order valence-electron chi connectivity index (χ2n) is 13.3. The minimum atomic E-state index is -0.922. The average molecular weight is 632 g/mol. The van der Waals surface area contributed by atoms with Crippen molar-refractivity contribution in [3.05, 3.63) is 83.6 Å². The molecule has 0 atom stereocenters. The topological polar surface area (TPSA) is 83.8 Å². The monoisotopic (exact) mass is 631 g/mol. The van der Waals surface area contributed by atoms with E-state index in [9.17, 15) is 13.6 Å². The van der Waals surface area contributed by atoms with Crippen molar-refractivity contribution in [3.8, 4) is 11.5 Å². The number of amides is 1. The minimum Gasteiger partial charge on any atom is -0.497 e. The van der Waals surface area contributed by atoms with Crippen molar-refractivity contribution >= 4 is 29.4 Å². The molecule has 8 nitrogen and oxygen atoms in total. The maximum Gasteiger partial charge on any atom is 0.494 e. The molecule has 1 N–H and O–H groups in total. The van der Waals surface area contributed by atoms with Gasteiger partial charge in [0.1, 0.15) is 12.4 Å². The Bertz CT molecular complexity index is 1680. The zero-order valence-corrected chi connectivity index (χ0v) is 26.9. The summed E-state index contributed by atoms with van der Waals surface area (Å²) in [6, 6.07) is 15.4. The first-order valence-corrected chi connectivity index (χ1v) is 15.8. The number of aromatic nitrogens is 2. The Morgan fingerprint density at radius 2 is 1.63 bits per heavy atom. The minimum absolute atomic E-state index is 0.0248. The highest BCUT2D eigenvalue weighted by Gasteiger charge is 2.51. The molecule has 2 aliphatic rings. The smallest absolute Gasteiger partial charge is 0.494 e. The predicted octanol–water partition coefficient (Wildman–Crippen LogP) is 6.36. The zero-order valence-electron chi connectivity index (χ0n) is 26.9. The van der Waals surface area contributed by atoms with Crippen LogP contribution in [0, 0.1) is 17.6 Å². The summed E-state index contributed by atoms with van der Waals surface area (Å²) >= 11 is 0. The third kappa shape index (κ3) is 6.62. The Kier molecular flexibility index (Phi) is 8.82. The van der Waals surface area contributed by atoms with Crippen molar-refractivity contribution < 1.29 is 32.4 Å². The van der Waals surface area contributed by atoms with Gasteiger partial charge >= 0.3 is 7.12 Å². The summed E-state index contributed by atoms with van der Waals surface area (Å²) in [6.45, 7) is 8.58. The molecule has 1 aromatic heterocycles. The lowest BCUT2D eigenvalue weighted by atomic mass is 9.79. The van der Waals surface area contributed by atoms with Gasteiger partial charge in [-0.15, -0.1) is 0 Å². The zero-order chi connectivity index (χ0) is 32.6. The molecule has 2 fully saturated rings. The first kappa shape index (κ1) is 32.0. The molecule has 0 spiro atoms. The van der Waals surface area contributed by atoms with Crippen LogP contribution in [-0.2, 0) is 15.9 Å². The number of hydrogen-bond donors (Lipinski definition) is 1. The van der Waals surface area contributed by atoms with Crippen LogP contribution in [0.1, 0.15) is 75.3 Å². The van der Waals surface area contributed by atoms with Crippen molar-refractivity contribution in [2.45, 2.75) is 77.2 Å². The first-order valence-electron chi connectivity index (χ1n) is 15.8. The Balaban J connectivity index is 1.00. The van der Waals surface area contributed by atoms with E-state index in [1.165, 1.54) is 0 Å². The number of nitrogens with zero attached hydrogens (tertiary/aromatic N) is 2. The van der Waals surface area contributed by atoms with E-state index < -0.39 is 41.6 Å². The Morgan fingerprint density at radius 1 is 0.978 bits per heavy atom. The third-order valence-electron chi connectivity index (χ3n) is 9.62. The van der Waals surface area contributed by atoms with Crippen molar-refractivity contribution in [2.24, 2.45) is 5.92 Å². The lowest BCUT2D eigenvalue weighted by Crippen LogP contribution is -2.41. The van der Waals surface area contributed by atoms with Gasteiger partial charge in [-0.3, -0.25) is 9.48 Å². The van der Waals surface area contributed by atoms with Crippen molar-refractivity contribution in [2.75, 3.05) is 13.7 Å². The summed E-state index contributed by atoms with van der Waals surface area (Å²) < 4.78 is 54.5. The Morgan fingerprint density at radius 3 is 2.26 bits per heavy atom. The van der Waals surface area contributed by atoms with E-state index in [-0.39, 0.29) is 24.1 Å². The van der Waals surface area contributed by atoms with Crippen LogP contribution in [0.4, 0.5) is 8.78 Å². The number of carbonyl (C=O) groups excluding carboxylic acids is 1. The second-order valence-corrected chi connectivity index (χ2v) is 13.3.